The molecule has 1 aliphatic rings. The minimum absolute atomic E-state index is 0.0680. The molecule has 1 aromatic carbocycles. The van der Waals surface area contributed by atoms with E-state index in [0.717, 1.165) is 37.3 Å². The first-order chi connectivity index (χ1) is 9.66. The molecule has 0 saturated carbocycles. The number of benzene rings is 1. The van der Waals surface area contributed by atoms with Crippen LogP contribution in [0, 0.1) is 10.1 Å². The smallest absolute Gasteiger partial charge is 0.295 e. The monoisotopic (exact) mass is 272 g/mol. The number of fused-ring (bicyclic) bond motifs is 1. The highest BCUT2D eigenvalue weighted by molar-refractivity contribution is 5.97. The molecule has 1 aromatic heterocycles. The van der Waals surface area contributed by atoms with Crippen molar-refractivity contribution in [1.82, 2.24) is 9.88 Å². The molecule has 1 aliphatic heterocycles. The largest absolute Gasteiger partial charge is 0.368 e. The third-order valence-corrected chi connectivity index (χ3v) is 3.77. The molecule has 0 amide bonds. The zero-order valence-corrected chi connectivity index (χ0v) is 11.3. The molecular weight excluding hydrogens is 256 g/mol. The lowest BCUT2D eigenvalue weighted by molar-refractivity contribution is -0.383. The fourth-order valence-corrected chi connectivity index (χ4v) is 2.61. The van der Waals surface area contributed by atoms with Crippen molar-refractivity contribution >= 4 is 22.3 Å². The van der Waals surface area contributed by atoms with Gasteiger partial charge in [0, 0.05) is 49.5 Å². The summed E-state index contributed by atoms with van der Waals surface area (Å²) in [7, 11) is 2.10. The minimum Gasteiger partial charge on any atom is -0.368 e. The first-order valence-electron chi connectivity index (χ1n) is 6.62. The van der Waals surface area contributed by atoms with Crippen LogP contribution in [0.1, 0.15) is 0 Å². The second-order valence-corrected chi connectivity index (χ2v) is 5.05. The Balaban J connectivity index is 2.08. The molecule has 20 heavy (non-hydrogen) atoms. The summed E-state index contributed by atoms with van der Waals surface area (Å²) >= 11 is 0. The van der Waals surface area contributed by atoms with E-state index in [1.807, 2.05) is 18.2 Å². The zero-order valence-electron chi connectivity index (χ0n) is 11.3. The van der Waals surface area contributed by atoms with Gasteiger partial charge in [-0.3, -0.25) is 10.1 Å². The normalized spacial score (nSPS) is 16.6. The highest BCUT2D eigenvalue weighted by Gasteiger charge is 2.20. The number of non-ortho nitro benzene ring substituents is 1. The molecule has 0 aliphatic carbocycles. The quantitative estimate of drug-likeness (QED) is 0.617. The highest BCUT2D eigenvalue weighted by Crippen LogP contribution is 2.32. The molecule has 0 unspecified atom stereocenters. The van der Waals surface area contributed by atoms with E-state index in [4.69, 9.17) is 0 Å². The average molecular weight is 272 g/mol. The van der Waals surface area contributed by atoms with Gasteiger partial charge in [-0.2, -0.15) is 0 Å². The lowest BCUT2D eigenvalue weighted by Gasteiger charge is -2.34. The Hall–Kier alpha value is -2.21. The van der Waals surface area contributed by atoms with Crippen LogP contribution in [-0.2, 0) is 0 Å². The summed E-state index contributed by atoms with van der Waals surface area (Å²) in [6, 6.07) is 7.13. The summed E-state index contributed by atoms with van der Waals surface area (Å²) in [4.78, 5) is 19.5. The molecule has 0 bridgehead atoms. The van der Waals surface area contributed by atoms with Gasteiger partial charge < -0.3 is 9.80 Å². The van der Waals surface area contributed by atoms with Crippen LogP contribution in [0.2, 0.25) is 0 Å². The van der Waals surface area contributed by atoms with Gasteiger partial charge in [-0.15, -0.1) is 0 Å². The zero-order chi connectivity index (χ0) is 14.1. The molecule has 2 heterocycles. The van der Waals surface area contributed by atoms with Gasteiger partial charge in [-0.25, -0.2) is 4.98 Å². The fraction of sp³-hybridized carbons (Fsp3) is 0.357. The molecule has 104 valence electrons. The van der Waals surface area contributed by atoms with Gasteiger partial charge in [0.05, 0.1) is 4.92 Å². The number of anilines is 1. The molecule has 0 spiro atoms. The van der Waals surface area contributed by atoms with E-state index in [-0.39, 0.29) is 10.6 Å². The molecule has 0 N–H and O–H groups in total. The van der Waals surface area contributed by atoms with Gasteiger partial charge in [0.25, 0.3) is 5.69 Å². The van der Waals surface area contributed by atoms with Crippen molar-refractivity contribution in [3.8, 4) is 0 Å². The van der Waals surface area contributed by atoms with E-state index < -0.39 is 0 Å². The number of hydrogen-bond acceptors (Lipinski definition) is 5. The number of nitro benzene ring substituents is 1. The number of piperazine rings is 1. The third-order valence-electron chi connectivity index (χ3n) is 3.77. The molecule has 1 saturated heterocycles. The molecule has 6 nitrogen and oxygen atoms in total. The standard InChI is InChI=1S/C14H16N4O2/c1-16-7-9-17(10-8-16)12-4-5-13(18(19)20)14-11(12)3-2-6-15-14/h2-6H,7-10H2,1H3. The topological polar surface area (TPSA) is 62.5 Å². The van der Waals surface area contributed by atoms with Crippen LogP contribution in [0.3, 0.4) is 0 Å². The van der Waals surface area contributed by atoms with Gasteiger partial charge in [-0.05, 0) is 25.2 Å². The number of rotatable bonds is 2. The molecular formula is C14H16N4O2. The lowest BCUT2D eigenvalue weighted by atomic mass is 10.1. The number of nitro groups is 1. The summed E-state index contributed by atoms with van der Waals surface area (Å²) in [5, 5.41) is 11.9. The van der Waals surface area contributed by atoms with Gasteiger partial charge in [-0.1, -0.05) is 0 Å². The van der Waals surface area contributed by atoms with E-state index >= 15 is 0 Å². The SMILES string of the molecule is CN1CCN(c2ccc([N+](=O)[O-])c3ncccc23)CC1. The molecule has 2 aromatic rings. The maximum Gasteiger partial charge on any atom is 0.295 e. The summed E-state index contributed by atoms with van der Waals surface area (Å²) in [6.45, 7) is 3.86. The van der Waals surface area contributed by atoms with Crippen molar-refractivity contribution in [2.24, 2.45) is 0 Å². The van der Waals surface area contributed by atoms with E-state index in [1.165, 1.54) is 0 Å². The second kappa shape index (κ2) is 5.05. The molecule has 3 rings (SSSR count). The minimum atomic E-state index is -0.372. The Morgan fingerprint density at radius 2 is 1.95 bits per heavy atom. The summed E-state index contributed by atoms with van der Waals surface area (Å²) < 4.78 is 0. The van der Waals surface area contributed by atoms with Crippen LogP contribution in [0.25, 0.3) is 10.9 Å². The van der Waals surface area contributed by atoms with Gasteiger partial charge in [0.15, 0.2) is 0 Å². The molecule has 0 radical (unpaired) electrons. The van der Waals surface area contributed by atoms with Crippen molar-refractivity contribution in [1.29, 1.82) is 0 Å². The predicted octanol–water partition coefficient (Wildman–Crippen LogP) is 1.89. The molecule has 0 atom stereocenters. The Labute approximate surface area is 116 Å². The van der Waals surface area contributed by atoms with Crippen molar-refractivity contribution in [2.45, 2.75) is 0 Å². The van der Waals surface area contributed by atoms with Crippen molar-refractivity contribution < 1.29 is 4.92 Å². The number of nitrogens with zero attached hydrogens (tertiary/aromatic N) is 4. The van der Waals surface area contributed by atoms with Gasteiger partial charge >= 0.3 is 0 Å². The Morgan fingerprint density at radius 1 is 1.20 bits per heavy atom. The second-order valence-electron chi connectivity index (χ2n) is 5.05. The lowest BCUT2D eigenvalue weighted by Crippen LogP contribution is -2.44. The third kappa shape index (κ3) is 2.18. The first kappa shape index (κ1) is 12.8. The Morgan fingerprint density at radius 3 is 2.65 bits per heavy atom. The van der Waals surface area contributed by atoms with E-state index in [0.29, 0.717) is 5.52 Å². The van der Waals surface area contributed by atoms with Gasteiger partial charge in [0.2, 0.25) is 0 Å². The van der Waals surface area contributed by atoms with Crippen molar-refractivity contribution in [3.05, 3.63) is 40.6 Å². The van der Waals surface area contributed by atoms with Crippen LogP contribution in [0.5, 0.6) is 0 Å². The van der Waals surface area contributed by atoms with Crippen molar-refractivity contribution in [3.63, 3.8) is 0 Å². The van der Waals surface area contributed by atoms with Gasteiger partial charge in [0.1, 0.15) is 5.52 Å². The predicted molar refractivity (Wildman–Crippen MR) is 78.1 cm³/mol. The summed E-state index contributed by atoms with van der Waals surface area (Å²) in [5.74, 6) is 0. The number of hydrogen-bond donors (Lipinski definition) is 0. The summed E-state index contributed by atoms with van der Waals surface area (Å²) in [6.07, 6.45) is 1.60. The highest BCUT2D eigenvalue weighted by atomic mass is 16.6. The Bertz CT molecular complexity index is 651. The number of pyridine rings is 1. The number of likely N-dealkylation sites (N-methyl/N-ethyl adjacent to an activating group) is 1. The van der Waals surface area contributed by atoms with Crippen LogP contribution in [0.4, 0.5) is 11.4 Å². The van der Waals surface area contributed by atoms with E-state index in [1.54, 1.807) is 12.3 Å². The van der Waals surface area contributed by atoms with Crippen LogP contribution in [0.15, 0.2) is 30.5 Å². The van der Waals surface area contributed by atoms with E-state index in [2.05, 4.69) is 21.8 Å². The molecule has 1 fully saturated rings. The molecule has 6 heteroatoms. The van der Waals surface area contributed by atoms with E-state index in [9.17, 15) is 10.1 Å². The summed E-state index contributed by atoms with van der Waals surface area (Å²) in [5.41, 5.74) is 1.57. The van der Waals surface area contributed by atoms with Crippen LogP contribution >= 0.6 is 0 Å². The maximum atomic E-state index is 11.1. The number of aromatic nitrogens is 1. The van der Waals surface area contributed by atoms with Crippen LogP contribution < -0.4 is 4.90 Å². The maximum absolute atomic E-state index is 11.1. The Kier molecular flexibility index (Phi) is 3.23. The van der Waals surface area contributed by atoms with Crippen molar-refractivity contribution in [2.75, 3.05) is 38.1 Å². The fourth-order valence-electron chi connectivity index (χ4n) is 2.61. The van der Waals surface area contributed by atoms with Crippen LogP contribution in [-0.4, -0.2) is 48.0 Å². The first-order valence-corrected chi connectivity index (χ1v) is 6.62. The average Bonchev–Trinajstić information content (AvgIpc) is 2.47.